The molecular formula is C14H18ClN3. The molecule has 0 aromatic carbocycles. The summed E-state index contributed by atoms with van der Waals surface area (Å²) >= 11 is 6.30. The molecule has 0 spiro atoms. The molecule has 2 fully saturated rings. The maximum atomic E-state index is 9.67. The first kappa shape index (κ1) is 12.0. The van der Waals surface area contributed by atoms with Gasteiger partial charge in [-0.05, 0) is 44.4 Å². The normalized spacial score (nSPS) is 33.9. The molecule has 2 aliphatic rings. The molecule has 3 nitrogen and oxygen atoms in total. The van der Waals surface area contributed by atoms with Gasteiger partial charge in [-0.3, -0.25) is 4.68 Å². The molecule has 3 rings (SSSR count). The number of aromatic nitrogens is 2. The lowest BCUT2D eigenvalue weighted by atomic mass is 9.70. The van der Waals surface area contributed by atoms with E-state index >= 15 is 0 Å². The van der Waals surface area contributed by atoms with Gasteiger partial charge in [-0.2, -0.15) is 10.4 Å². The number of nitriles is 1. The van der Waals surface area contributed by atoms with Gasteiger partial charge in [-0.1, -0.05) is 18.0 Å². The molecule has 18 heavy (non-hydrogen) atoms. The first-order valence-electron chi connectivity index (χ1n) is 6.65. The van der Waals surface area contributed by atoms with Crippen molar-refractivity contribution in [1.29, 1.82) is 5.26 Å². The monoisotopic (exact) mass is 263 g/mol. The molecule has 3 unspecified atom stereocenters. The number of fused-ring (bicyclic) bond motifs is 2. The molecule has 0 amide bonds. The predicted molar refractivity (Wildman–Crippen MR) is 70.2 cm³/mol. The van der Waals surface area contributed by atoms with Crippen molar-refractivity contribution in [2.75, 3.05) is 0 Å². The Hall–Kier alpha value is -1.01. The molecule has 0 aliphatic heterocycles. The van der Waals surface area contributed by atoms with Gasteiger partial charge in [0.25, 0.3) is 0 Å². The second kappa shape index (κ2) is 3.99. The van der Waals surface area contributed by atoms with E-state index in [1.54, 1.807) is 4.68 Å². The van der Waals surface area contributed by atoms with Crippen LogP contribution in [-0.4, -0.2) is 9.78 Å². The van der Waals surface area contributed by atoms with Gasteiger partial charge < -0.3 is 0 Å². The second-order valence-corrected chi connectivity index (χ2v) is 6.36. The third-order valence-electron chi connectivity index (χ3n) is 4.96. The van der Waals surface area contributed by atoms with Crippen LogP contribution >= 0.6 is 11.6 Å². The lowest BCUT2D eigenvalue weighted by Crippen LogP contribution is -2.28. The standard InChI is InChI=1S/C14H18ClN3/c1-9-12(13(15)18(2)17-9)7-14(8-16)6-10-3-4-11(14)5-10/h10-11H,3-7H2,1-2H3. The molecule has 1 aromatic rings. The summed E-state index contributed by atoms with van der Waals surface area (Å²) in [6, 6.07) is 2.63. The van der Waals surface area contributed by atoms with Crippen molar-refractivity contribution in [3.8, 4) is 6.07 Å². The Kier molecular flexibility index (Phi) is 2.67. The first-order valence-corrected chi connectivity index (χ1v) is 7.03. The topological polar surface area (TPSA) is 41.6 Å². The molecule has 2 aliphatic carbocycles. The van der Waals surface area contributed by atoms with Crippen molar-refractivity contribution in [1.82, 2.24) is 9.78 Å². The van der Waals surface area contributed by atoms with E-state index in [-0.39, 0.29) is 5.41 Å². The van der Waals surface area contributed by atoms with E-state index < -0.39 is 0 Å². The van der Waals surface area contributed by atoms with Gasteiger partial charge in [0.2, 0.25) is 0 Å². The van der Waals surface area contributed by atoms with Crippen LogP contribution in [0.4, 0.5) is 0 Å². The average molecular weight is 264 g/mol. The van der Waals surface area contributed by atoms with E-state index in [9.17, 15) is 5.26 Å². The van der Waals surface area contributed by atoms with Crippen molar-refractivity contribution in [3.05, 3.63) is 16.4 Å². The lowest BCUT2D eigenvalue weighted by Gasteiger charge is -2.31. The lowest BCUT2D eigenvalue weighted by molar-refractivity contribution is 0.239. The van der Waals surface area contributed by atoms with Crippen LogP contribution in [0.2, 0.25) is 5.15 Å². The van der Waals surface area contributed by atoms with Gasteiger partial charge in [-0.15, -0.1) is 0 Å². The minimum atomic E-state index is -0.180. The van der Waals surface area contributed by atoms with Gasteiger partial charge >= 0.3 is 0 Å². The SMILES string of the molecule is Cc1nn(C)c(Cl)c1CC1(C#N)CC2CCC1C2. The van der Waals surface area contributed by atoms with Gasteiger partial charge in [0.15, 0.2) is 0 Å². The van der Waals surface area contributed by atoms with E-state index in [4.69, 9.17) is 11.6 Å². The number of hydrogen-bond donors (Lipinski definition) is 0. The number of hydrogen-bond acceptors (Lipinski definition) is 2. The van der Waals surface area contributed by atoms with Crippen LogP contribution in [0.15, 0.2) is 0 Å². The third-order valence-corrected chi connectivity index (χ3v) is 5.43. The zero-order valence-corrected chi connectivity index (χ0v) is 11.7. The maximum absolute atomic E-state index is 9.67. The Labute approximate surface area is 113 Å². The Morgan fingerprint density at radius 3 is 2.78 bits per heavy atom. The fourth-order valence-corrected chi connectivity index (χ4v) is 4.27. The number of nitrogens with zero attached hydrogens (tertiary/aromatic N) is 3. The third kappa shape index (κ3) is 1.59. The van der Waals surface area contributed by atoms with Crippen molar-refractivity contribution in [2.24, 2.45) is 24.3 Å². The highest BCUT2D eigenvalue weighted by molar-refractivity contribution is 6.30. The molecule has 2 bridgehead atoms. The Bertz CT molecular complexity index is 528. The highest BCUT2D eigenvalue weighted by Gasteiger charge is 2.51. The Morgan fingerprint density at radius 1 is 1.56 bits per heavy atom. The van der Waals surface area contributed by atoms with Gasteiger partial charge in [0.05, 0.1) is 17.2 Å². The van der Waals surface area contributed by atoms with E-state index in [0.717, 1.165) is 30.0 Å². The van der Waals surface area contributed by atoms with Crippen molar-refractivity contribution >= 4 is 11.6 Å². The zero-order chi connectivity index (χ0) is 12.9. The van der Waals surface area contributed by atoms with Crippen LogP contribution in [0, 0.1) is 35.5 Å². The predicted octanol–water partition coefficient (Wildman–Crippen LogP) is 3.25. The molecule has 3 atom stereocenters. The molecule has 2 saturated carbocycles. The summed E-state index contributed by atoms with van der Waals surface area (Å²) in [6.45, 7) is 1.99. The van der Waals surface area contributed by atoms with Crippen LogP contribution in [0.25, 0.3) is 0 Å². The van der Waals surface area contributed by atoms with Gasteiger partial charge in [0.1, 0.15) is 5.15 Å². The fraction of sp³-hybridized carbons (Fsp3) is 0.714. The minimum Gasteiger partial charge on any atom is -0.257 e. The smallest absolute Gasteiger partial charge is 0.130 e. The molecule has 96 valence electrons. The van der Waals surface area contributed by atoms with Crippen LogP contribution in [-0.2, 0) is 13.5 Å². The summed E-state index contributed by atoms with van der Waals surface area (Å²) in [4.78, 5) is 0. The minimum absolute atomic E-state index is 0.180. The Balaban J connectivity index is 1.94. The van der Waals surface area contributed by atoms with E-state index in [2.05, 4.69) is 11.2 Å². The molecule has 0 radical (unpaired) electrons. The fourth-order valence-electron chi connectivity index (χ4n) is 4.03. The van der Waals surface area contributed by atoms with Crippen LogP contribution in [0.5, 0.6) is 0 Å². The number of halogens is 1. The quantitative estimate of drug-likeness (QED) is 0.822. The van der Waals surface area contributed by atoms with Crippen molar-refractivity contribution < 1.29 is 0 Å². The molecule has 0 N–H and O–H groups in total. The average Bonchev–Trinajstić information content (AvgIpc) is 3.00. The van der Waals surface area contributed by atoms with Crippen LogP contribution in [0.3, 0.4) is 0 Å². The molecule has 0 saturated heterocycles. The molecular weight excluding hydrogens is 246 g/mol. The van der Waals surface area contributed by atoms with E-state index in [0.29, 0.717) is 11.1 Å². The number of rotatable bonds is 2. The van der Waals surface area contributed by atoms with E-state index in [1.165, 1.54) is 19.3 Å². The highest BCUT2D eigenvalue weighted by atomic mass is 35.5. The van der Waals surface area contributed by atoms with Crippen molar-refractivity contribution in [3.63, 3.8) is 0 Å². The first-order chi connectivity index (χ1) is 8.55. The Morgan fingerprint density at radius 2 is 2.33 bits per heavy atom. The summed E-state index contributed by atoms with van der Waals surface area (Å²) < 4.78 is 1.71. The van der Waals surface area contributed by atoms with Gasteiger partial charge in [-0.25, -0.2) is 0 Å². The van der Waals surface area contributed by atoms with E-state index in [1.807, 2.05) is 14.0 Å². The van der Waals surface area contributed by atoms with Gasteiger partial charge in [0, 0.05) is 12.6 Å². The summed E-state index contributed by atoms with van der Waals surface area (Å²) in [5.41, 5.74) is 1.87. The van der Waals surface area contributed by atoms with Crippen molar-refractivity contribution in [2.45, 2.75) is 39.0 Å². The van der Waals surface area contributed by atoms with Crippen LogP contribution in [0.1, 0.15) is 36.9 Å². The second-order valence-electron chi connectivity index (χ2n) is 6.00. The summed E-state index contributed by atoms with van der Waals surface area (Å²) in [7, 11) is 1.86. The zero-order valence-electron chi connectivity index (χ0n) is 10.9. The summed E-state index contributed by atoms with van der Waals surface area (Å²) in [5, 5.41) is 14.7. The largest absolute Gasteiger partial charge is 0.257 e. The highest BCUT2D eigenvalue weighted by Crippen LogP contribution is 2.57. The summed E-state index contributed by atoms with van der Waals surface area (Å²) in [5.74, 6) is 1.34. The molecule has 1 aromatic heterocycles. The van der Waals surface area contributed by atoms with Crippen LogP contribution < -0.4 is 0 Å². The maximum Gasteiger partial charge on any atom is 0.130 e. The summed E-state index contributed by atoms with van der Waals surface area (Å²) in [6.07, 6.45) is 5.61. The molecule has 4 heteroatoms. The molecule has 1 heterocycles. The number of aryl methyl sites for hydroxylation is 2.